The normalized spacial score (nSPS) is 15.8. The third kappa shape index (κ3) is 7.44. The smallest absolute Gasteiger partial charge is 0.147 e. The van der Waals surface area contributed by atoms with Crippen molar-refractivity contribution in [3.8, 4) is 0 Å². The van der Waals surface area contributed by atoms with E-state index < -0.39 is 0 Å². The molecule has 0 aromatic heterocycles. The van der Waals surface area contributed by atoms with Gasteiger partial charge in [0.15, 0.2) is 0 Å². The minimum atomic E-state index is 0. The Bertz CT molecular complexity index is 293. The molecule has 1 unspecified atom stereocenters. The maximum absolute atomic E-state index is 2.40. The number of allylic oxidation sites excluding steroid dienone is 4. The topological polar surface area (TPSA) is 0 Å². The van der Waals surface area contributed by atoms with E-state index in [9.17, 15) is 0 Å². The molecule has 0 aromatic rings. The molecule has 0 aliphatic heterocycles. The van der Waals surface area contributed by atoms with Crippen LogP contribution in [0.4, 0.5) is 0 Å². The van der Waals surface area contributed by atoms with Gasteiger partial charge in [0.25, 0.3) is 0 Å². The Morgan fingerprint density at radius 3 is 2.00 bits per heavy atom. The van der Waals surface area contributed by atoms with Crippen LogP contribution in [0.3, 0.4) is 0 Å². The van der Waals surface area contributed by atoms with Crippen LogP contribution < -0.4 is 0 Å². The van der Waals surface area contributed by atoms with E-state index >= 15 is 0 Å². The molecule has 107 valence electrons. The van der Waals surface area contributed by atoms with Gasteiger partial charge in [-0.05, 0) is 0 Å². The van der Waals surface area contributed by atoms with E-state index in [4.69, 9.17) is 0 Å². The molecule has 1 aliphatic rings. The average Bonchev–Trinajstić information content (AvgIpc) is 2.45. The van der Waals surface area contributed by atoms with Gasteiger partial charge in [-0.3, -0.25) is 0 Å². The number of hydrogen-bond acceptors (Lipinski definition) is 0. The molecule has 0 fully saturated rings. The fourth-order valence-electron chi connectivity index (χ4n) is 2.05. The predicted molar refractivity (Wildman–Crippen MR) is 89.1 cm³/mol. The first-order valence-corrected chi connectivity index (χ1v) is 9.80. The molecule has 1 rings (SSSR count). The van der Waals surface area contributed by atoms with E-state index in [1.807, 2.05) is 0 Å². The summed E-state index contributed by atoms with van der Waals surface area (Å²) < 4.78 is 1.73. The summed E-state index contributed by atoms with van der Waals surface area (Å²) in [6.07, 6.45) is 7.38. The maximum atomic E-state index is 2.40. The van der Waals surface area contributed by atoms with Crippen LogP contribution >= 0.6 is 45.1 Å². The summed E-state index contributed by atoms with van der Waals surface area (Å²) in [7, 11) is 0.208. The zero-order valence-electron chi connectivity index (χ0n) is 11.8. The third-order valence-electron chi connectivity index (χ3n) is 2.94. The molecule has 0 amide bonds. The van der Waals surface area contributed by atoms with Crippen LogP contribution in [0, 0.1) is 11.3 Å². The van der Waals surface area contributed by atoms with Crippen molar-refractivity contribution < 1.29 is 24.4 Å². The fraction of sp³-hybridized carbons (Fsp3) is 0.692. The number of halogens is 3. The van der Waals surface area contributed by atoms with E-state index in [2.05, 4.69) is 46.3 Å². The van der Waals surface area contributed by atoms with Crippen molar-refractivity contribution in [2.75, 3.05) is 19.5 Å². The minimum absolute atomic E-state index is 0. The monoisotopic (exact) mass is 497 g/mol. The second-order valence-electron chi connectivity index (χ2n) is 5.72. The summed E-state index contributed by atoms with van der Waals surface area (Å²) in [5.74, 6) is 0.782. The average molecular weight is 497 g/mol. The van der Waals surface area contributed by atoms with E-state index in [-0.39, 0.29) is 45.1 Å². The molecule has 5 heteroatoms. The van der Waals surface area contributed by atoms with Crippen LogP contribution in [0.5, 0.6) is 0 Å². The zero-order valence-corrected chi connectivity index (χ0v) is 18.8. The summed E-state index contributed by atoms with van der Waals surface area (Å²) in [6, 6.07) is 0. The van der Waals surface area contributed by atoms with Crippen molar-refractivity contribution in [3.05, 3.63) is 21.1 Å². The zero-order chi connectivity index (χ0) is 11.6. The molecular formula is C13H25Cl3HfP. The van der Waals surface area contributed by atoms with Crippen molar-refractivity contribution in [2.24, 2.45) is 11.3 Å². The van der Waals surface area contributed by atoms with Crippen molar-refractivity contribution in [2.45, 2.75) is 27.2 Å². The molecule has 1 atom stereocenters. The summed E-state index contributed by atoms with van der Waals surface area (Å²) >= 11 is 1.24. The maximum Gasteiger partial charge on any atom is -0.147 e. The van der Waals surface area contributed by atoms with Crippen LogP contribution in [-0.2, 0) is 24.4 Å². The molecule has 0 bridgehead atoms. The third-order valence-corrected chi connectivity index (χ3v) is 5.80. The van der Waals surface area contributed by atoms with Crippen molar-refractivity contribution in [3.63, 3.8) is 0 Å². The molecule has 1 aliphatic carbocycles. The van der Waals surface area contributed by atoms with Gasteiger partial charge in [0.1, 0.15) is 0 Å². The van der Waals surface area contributed by atoms with Crippen molar-refractivity contribution >= 4 is 45.1 Å². The Balaban J connectivity index is -0.000000750. The second kappa shape index (κ2) is 10.4. The molecule has 0 heterocycles. The van der Waals surface area contributed by atoms with Gasteiger partial charge in [0.2, 0.25) is 0 Å². The van der Waals surface area contributed by atoms with Crippen LogP contribution in [0.1, 0.15) is 27.2 Å². The molecule has 18 heavy (non-hydrogen) atoms. The van der Waals surface area contributed by atoms with E-state index in [1.54, 1.807) is 8.90 Å². The molecule has 0 aromatic carbocycles. The van der Waals surface area contributed by atoms with Gasteiger partial charge < -0.3 is 0 Å². The number of hydrogen-bond donors (Lipinski definition) is 0. The quantitative estimate of drug-likeness (QED) is 0.361. The molecule has 0 saturated carbocycles. The van der Waals surface area contributed by atoms with Gasteiger partial charge in [0, 0.05) is 0 Å². The Morgan fingerprint density at radius 1 is 1.22 bits per heavy atom. The van der Waals surface area contributed by atoms with Gasteiger partial charge >= 0.3 is 111 Å². The largest absolute Gasteiger partial charge is 0.147 e. The van der Waals surface area contributed by atoms with Crippen LogP contribution in [0.25, 0.3) is 0 Å². The van der Waals surface area contributed by atoms with Crippen LogP contribution in [0.15, 0.2) is 21.1 Å². The van der Waals surface area contributed by atoms with Crippen LogP contribution in [0.2, 0.25) is 0 Å². The fourth-order valence-corrected chi connectivity index (χ4v) is 4.88. The molecule has 0 N–H and O–H groups in total. The Labute approximate surface area is 147 Å². The van der Waals surface area contributed by atoms with E-state index in [1.165, 1.54) is 37.0 Å². The van der Waals surface area contributed by atoms with Gasteiger partial charge in [0.05, 0.1) is 0 Å². The number of rotatable bonds is 3. The molecule has 0 radical (unpaired) electrons. The first-order valence-electron chi connectivity index (χ1n) is 5.58. The Kier molecular flexibility index (Phi) is 14.2. The van der Waals surface area contributed by atoms with Gasteiger partial charge in [-0.2, -0.15) is 0 Å². The summed E-state index contributed by atoms with van der Waals surface area (Å²) in [4.78, 5) is 0. The van der Waals surface area contributed by atoms with Crippen LogP contribution in [-0.4, -0.2) is 19.5 Å². The first-order chi connectivity index (χ1) is 6.82. The van der Waals surface area contributed by atoms with Gasteiger partial charge in [-0.1, -0.05) is 0 Å². The SMILES string of the molecule is CP(C)CC(C1=[C]([Hf])CC=C1)C(C)(C)C.Cl.Cl.Cl. The predicted octanol–water partition coefficient (Wildman–Crippen LogP) is 5.42. The van der Waals surface area contributed by atoms with E-state index in [0.29, 0.717) is 5.41 Å². The Morgan fingerprint density at radius 2 is 1.72 bits per heavy atom. The summed E-state index contributed by atoms with van der Waals surface area (Å²) in [5.41, 5.74) is 2.11. The summed E-state index contributed by atoms with van der Waals surface area (Å²) in [6.45, 7) is 12.0. The standard InChI is InChI=1S/C13H22P.3ClH.Hf/c1-13(2,3)12(10-14(4)5)11-8-6-7-9-11;;;;/h6,8,12H,7,10H2,1-5H3;3*1H;. The summed E-state index contributed by atoms with van der Waals surface area (Å²) in [5, 5.41) is 0. The van der Waals surface area contributed by atoms with Gasteiger partial charge in [-0.15, -0.1) is 37.2 Å². The molecule has 0 spiro atoms. The second-order valence-corrected chi connectivity index (χ2v) is 10.4. The van der Waals surface area contributed by atoms with Crippen molar-refractivity contribution in [1.29, 1.82) is 0 Å². The van der Waals surface area contributed by atoms with Gasteiger partial charge in [-0.25, -0.2) is 0 Å². The van der Waals surface area contributed by atoms with Crippen molar-refractivity contribution in [1.82, 2.24) is 0 Å². The van der Waals surface area contributed by atoms with E-state index in [0.717, 1.165) is 5.92 Å². The molecular weight excluding hydrogens is 472 g/mol. The molecule has 0 saturated heterocycles. The Hall–Kier alpha value is 1.65. The first kappa shape index (κ1) is 24.7. The minimum Gasteiger partial charge on any atom is -0.147 e. The molecule has 0 nitrogen and oxygen atoms in total.